The fourth-order valence-corrected chi connectivity index (χ4v) is 3.13. The molecule has 0 unspecified atom stereocenters. The molecule has 1 aliphatic rings. The third-order valence-corrected chi connectivity index (χ3v) is 4.77. The molecule has 1 aromatic heterocycles. The van der Waals surface area contributed by atoms with Crippen molar-refractivity contribution in [2.45, 2.75) is 39.4 Å². The molecule has 3 N–H and O–H groups in total. The minimum atomic E-state index is -0.484. The highest BCUT2D eigenvalue weighted by molar-refractivity contribution is 5.81. The van der Waals surface area contributed by atoms with Crippen molar-refractivity contribution in [2.75, 3.05) is 11.4 Å². The molecule has 0 radical (unpaired) electrons. The molecule has 3 rings (SSSR count). The number of nitrogens with one attached hydrogen (secondary N) is 1. The number of rotatable bonds is 5. The maximum absolute atomic E-state index is 12.1. The number of amides is 1. The second-order valence-electron chi connectivity index (χ2n) is 6.91. The Hall–Kier alpha value is -2.40. The van der Waals surface area contributed by atoms with Crippen LogP contribution in [0.2, 0.25) is 0 Å². The summed E-state index contributed by atoms with van der Waals surface area (Å²) >= 11 is 0. The van der Waals surface area contributed by atoms with Gasteiger partial charge in [0.1, 0.15) is 5.82 Å². The van der Waals surface area contributed by atoms with Gasteiger partial charge in [0.25, 0.3) is 0 Å². The second kappa shape index (κ2) is 7.66. The molecule has 2 heterocycles. The predicted octanol–water partition coefficient (Wildman–Crippen LogP) is 2.24. The lowest BCUT2D eigenvalue weighted by Gasteiger charge is -2.31. The van der Waals surface area contributed by atoms with E-state index in [4.69, 9.17) is 5.73 Å². The first-order valence-corrected chi connectivity index (χ1v) is 8.85. The average molecular weight is 338 g/mol. The maximum atomic E-state index is 12.1. The van der Waals surface area contributed by atoms with E-state index in [0.29, 0.717) is 6.54 Å². The van der Waals surface area contributed by atoms with Crippen LogP contribution in [-0.2, 0) is 24.3 Å². The zero-order valence-corrected chi connectivity index (χ0v) is 14.9. The number of anilines is 1. The minimum Gasteiger partial charge on any atom is -0.352 e. The van der Waals surface area contributed by atoms with E-state index in [1.807, 2.05) is 26.0 Å². The van der Waals surface area contributed by atoms with Crippen molar-refractivity contribution in [1.29, 1.82) is 0 Å². The van der Waals surface area contributed by atoms with Gasteiger partial charge in [-0.1, -0.05) is 44.2 Å². The Labute approximate surface area is 149 Å². The summed E-state index contributed by atoms with van der Waals surface area (Å²) in [5.74, 6) is 0.941. The quantitative estimate of drug-likeness (QED) is 0.877. The third-order valence-electron chi connectivity index (χ3n) is 4.77. The number of fused-ring (bicyclic) bond motifs is 1. The fraction of sp³-hybridized carbons (Fsp3) is 0.400. The SMILES string of the molecule is CC(C)[C@@H](N)C(=O)NCc1cccnc1N1CCc2ccccc2C1. The lowest BCUT2D eigenvalue weighted by Crippen LogP contribution is -2.43. The Bertz CT molecular complexity index is 744. The van der Waals surface area contributed by atoms with Crippen LogP contribution in [-0.4, -0.2) is 23.5 Å². The van der Waals surface area contributed by atoms with Crippen LogP contribution in [0.5, 0.6) is 0 Å². The molecular weight excluding hydrogens is 312 g/mol. The number of carbonyl (C=O) groups is 1. The van der Waals surface area contributed by atoms with Crippen molar-refractivity contribution in [1.82, 2.24) is 10.3 Å². The van der Waals surface area contributed by atoms with Crippen LogP contribution >= 0.6 is 0 Å². The fourth-order valence-electron chi connectivity index (χ4n) is 3.13. The first kappa shape index (κ1) is 17.4. The van der Waals surface area contributed by atoms with Crippen LogP contribution in [0.4, 0.5) is 5.82 Å². The normalized spacial score (nSPS) is 15.0. The van der Waals surface area contributed by atoms with Gasteiger partial charge in [-0.2, -0.15) is 0 Å². The first-order valence-electron chi connectivity index (χ1n) is 8.85. The number of hydrogen-bond acceptors (Lipinski definition) is 4. The molecule has 0 saturated heterocycles. The predicted molar refractivity (Wildman–Crippen MR) is 100 cm³/mol. The zero-order chi connectivity index (χ0) is 17.8. The number of carbonyl (C=O) groups excluding carboxylic acids is 1. The Morgan fingerprint density at radius 2 is 2.00 bits per heavy atom. The summed E-state index contributed by atoms with van der Waals surface area (Å²) in [7, 11) is 0. The van der Waals surface area contributed by atoms with E-state index in [0.717, 1.165) is 30.9 Å². The van der Waals surface area contributed by atoms with Gasteiger partial charge in [-0.05, 0) is 29.5 Å². The van der Waals surface area contributed by atoms with Crippen molar-refractivity contribution in [2.24, 2.45) is 11.7 Å². The lowest BCUT2D eigenvalue weighted by atomic mass is 9.99. The van der Waals surface area contributed by atoms with E-state index in [1.165, 1.54) is 11.1 Å². The standard InChI is InChI=1S/C20H26N4O/c1-14(2)18(21)20(25)23-12-16-8-5-10-22-19(16)24-11-9-15-6-3-4-7-17(15)13-24/h3-8,10,14,18H,9,11-13,21H2,1-2H3,(H,23,25)/t18-/m1/s1. The monoisotopic (exact) mass is 338 g/mol. The second-order valence-corrected chi connectivity index (χ2v) is 6.91. The van der Waals surface area contributed by atoms with Crippen molar-refractivity contribution in [3.05, 3.63) is 59.3 Å². The summed E-state index contributed by atoms with van der Waals surface area (Å²) in [6, 6.07) is 12.0. The summed E-state index contributed by atoms with van der Waals surface area (Å²) in [6.45, 7) is 6.12. The molecule has 132 valence electrons. The Kier molecular flexibility index (Phi) is 5.34. The van der Waals surface area contributed by atoms with Crippen LogP contribution in [0, 0.1) is 5.92 Å². The molecule has 0 bridgehead atoms. The molecule has 1 aliphatic heterocycles. The summed E-state index contributed by atoms with van der Waals surface area (Å²) in [5.41, 5.74) is 9.69. The number of pyridine rings is 1. The van der Waals surface area contributed by atoms with Crippen LogP contribution in [0.15, 0.2) is 42.6 Å². The van der Waals surface area contributed by atoms with Crippen LogP contribution in [0.3, 0.4) is 0 Å². The number of hydrogen-bond donors (Lipinski definition) is 2. The number of nitrogens with two attached hydrogens (primary N) is 1. The zero-order valence-electron chi connectivity index (χ0n) is 14.9. The van der Waals surface area contributed by atoms with Gasteiger partial charge in [-0.15, -0.1) is 0 Å². The van der Waals surface area contributed by atoms with E-state index in [2.05, 4.69) is 39.5 Å². The molecule has 0 aliphatic carbocycles. The molecule has 25 heavy (non-hydrogen) atoms. The summed E-state index contributed by atoms with van der Waals surface area (Å²) < 4.78 is 0. The minimum absolute atomic E-state index is 0.117. The number of nitrogens with zero attached hydrogens (tertiary/aromatic N) is 2. The molecule has 2 aromatic rings. The topological polar surface area (TPSA) is 71.2 Å². The molecule has 0 saturated carbocycles. The van der Waals surface area contributed by atoms with E-state index >= 15 is 0 Å². The Morgan fingerprint density at radius 1 is 1.24 bits per heavy atom. The molecule has 0 spiro atoms. The first-order chi connectivity index (χ1) is 12.1. The van der Waals surface area contributed by atoms with Gasteiger partial charge in [-0.3, -0.25) is 4.79 Å². The van der Waals surface area contributed by atoms with E-state index in [9.17, 15) is 4.79 Å². The molecule has 1 atom stereocenters. The van der Waals surface area contributed by atoms with Crippen molar-refractivity contribution < 1.29 is 4.79 Å². The van der Waals surface area contributed by atoms with Gasteiger partial charge in [0.2, 0.25) is 5.91 Å². The molecular formula is C20H26N4O. The summed E-state index contributed by atoms with van der Waals surface area (Å²) in [6.07, 6.45) is 2.82. The number of aromatic nitrogens is 1. The van der Waals surface area contributed by atoms with Crippen LogP contribution in [0.1, 0.15) is 30.5 Å². The van der Waals surface area contributed by atoms with Gasteiger partial charge in [0.05, 0.1) is 6.04 Å². The average Bonchev–Trinajstić information content (AvgIpc) is 2.65. The van der Waals surface area contributed by atoms with E-state index in [-0.39, 0.29) is 11.8 Å². The highest BCUT2D eigenvalue weighted by atomic mass is 16.2. The third kappa shape index (κ3) is 3.99. The Balaban J connectivity index is 1.73. The summed E-state index contributed by atoms with van der Waals surface area (Å²) in [5, 5.41) is 2.95. The Morgan fingerprint density at radius 3 is 2.76 bits per heavy atom. The summed E-state index contributed by atoms with van der Waals surface area (Å²) in [4.78, 5) is 19.0. The van der Waals surface area contributed by atoms with E-state index in [1.54, 1.807) is 6.20 Å². The molecule has 1 amide bonds. The molecule has 1 aromatic carbocycles. The highest BCUT2D eigenvalue weighted by Crippen LogP contribution is 2.25. The van der Waals surface area contributed by atoms with Gasteiger partial charge < -0.3 is 16.0 Å². The molecule has 0 fully saturated rings. The lowest BCUT2D eigenvalue weighted by molar-refractivity contribution is -0.123. The van der Waals surface area contributed by atoms with Crippen molar-refractivity contribution in [3.8, 4) is 0 Å². The van der Waals surface area contributed by atoms with Crippen molar-refractivity contribution >= 4 is 11.7 Å². The van der Waals surface area contributed by atoms with Crippen molar-refractivity contribution in [3.63, 3.8) is 0 Å². The van der Waals surface area contributed by atoms with Crippen LogP contribution < -0.4 is 16.0 Å². The van der Waals surface area contributed by atoms with E-state index < -0.39 is 6.04 Å². The van der Waals surface area contributed by atoms with Gasteiger partial charge in [-0.25, -0.2) is 4.98 Å². The maximum Gasteiger partial charge on any atom is 0.237 e. The highest BCUT2D eigenvalue weighted by Gasteiger charge is 2.21. The molecule has 5 heteroatoms. The van der Waals surface area contributed by atoms with Gasteiger partial charge in [0.15, 0.2) is 0 Å². The smallest absolute Gasteiger partial charge is 0.237 e. The molecule has 5 nitrogen and oxygen atoms in total. The van der Waals surface area contributed by atoms with Gasteiger partial charge in [0, 0.05) is 31.4 Å². The largest absolute Gasteiger partial charge is 0.352 e. The van der Waals surface area contributed by atoms with Gasteiger partial charge >= 0.3 is 0 Å². The van der Waals surface area contributed by atoms with Crippen LogP contribution in [0.25, 0.3) is 0 Å². The number of benzene rings is 1.